The molecule has 3 aromatic rings. The first-order valence-corrected chi connectivity index (χ1v) is 10.7. The summed E-state index contributed by atoms with van der Waals surface area (Å²) in [4.78, 5) is 44.3. The van der Waals surface area contributed by atoms with Crippen molar-refractivity contribution < 1.29 is 14.3 Å². The zero-order valence-electron chi connectivity index (χ0n) is 17.2. The van der Waals surface area contributed by atoms with Gasteiger partial charge in [0, 0.05) is 25.2 Å². The lowest BCUT2D eigenvalue weighted by Gasteiger charge is -2.17. The second-order valence-corrected chi connectivity index (χ2v) is 8.03. The van der Waals surface area contributed by atoms with Crippen LogP contribution in [0.15, 0.2) is 47.3 Å². The van der Waals surface area contributed by atoms with E-state index in [2.05, 4.69) is 4.98 Å². The molecule has 7 nitrogen and oxygen atoms in total. The fourth-order valence-electron chi connectivity index (χ4n) is 4.43. The zero-order valence-corrected chi connectivity index (χ0v) is 17.2. The fraction of sp³-hybridized carbons (Fsp3) is 0.333. The fourth-order valence-corrected chi connectivity index (χ4v) is 4.43. The van der Waals surface area contributed by atoms with Gasteiger partial charge in [0.25, 0.3) is 11.5 Å². The normalized spacial score (nSPS) is 15.3. The summed E-state index contributed by atoms with van der Waals surface area (Å²) in [5, 5.41) is 0.493. The first-order valence-electron chi connectivity index (χ1n) is 10.7. The van der Waals surface area contributed by atoms with E-state index in [1.165, 1.54) is 0 Å². The van der Waals surface area contributed by atoms with Crippen LogP contribution in [0.3, 0.4) is 0 Å². The lowest BCUT2D eigenvalue weighted by molar-refractivity contribution is -0.121. The molecule has 7 heteroatoms. The maximum absolute atomic E-state index is 12.8. The molecular weight excluding hydrogens is 394 g/mol. The summed E-state index contributed by atoms with van der Waals surface area (Å²) in [6.07, 6.45) is 4.60. The Morgan fingerprint density at radius 2 is 1.87 bits per heavy atom. The van der Waals surface area contributed by atoms with Crippen molar-refractivity contribution in [2.75, 3.05) is 18.1 Å². The lowest BCUT2D eigenvalue weighted by atomic mass is 10.1. The van der Waals surface area contributed by atoms with Crippen molar-refractivity contribution in [1.29, 1.82) is 0 Å². The highest BCUT2D eigenvalue weighted by Crippen LogP contribution is 2.27. The largest absolute Gasteiger partial charge is 0.452 e. The Morgan fingerprint density at radius 1 is 1.00 bits per heavy atom. The van der Waals surface area contributed by atoms with Gasteiger partial charge in [0.15, 0.2) is 6.61 Å². The van der Waals surface area contributed by atoms with Crippen LogP contribution in [-0.4, -0.2) is 34.6 Å². The number of carbonyl (C=O) groups excluding carboxylic acids is 2. The molecule has 2 aliphatic rings. The number of aromatic nitrogens is 2. The molecule has 2 aliphatic heterocycles. The van der Waals surface area contributed by atoms with Gasteiger partial charge in [-0.05, 0) is 49.1 Å². The third-order valence-electron chi connectivity index (χ3n) is 6.07. The number of para-hydroxylation sites is 1. The standard InChI is InChI=1S/C24H23N3O4/c28-22(26-13-11-16-6-3-4-7-20(16)26)15-31-24(30)17-9-10-18-19(14-17)25-21-8-2-1-5-12-27(21)23(18)29/h3-4,6-7,9-10,14H,1-2,5,8,11-13,15H2. The summed E-state index contributed by atoms with van der Waals surface area (Å²) in [7, 11) is 0. The van der Waals surface area contributed by atoms with Crippen molar-refractivity contribution in [3.8, 4) is 0 Å². The molecule has 3 heterocycles. The average Bonchev–Trinajstić information content (AvgIpc) is 3.08. The van der Waals surface area contributed by atoms with E-state index in [1.54, 1.807) is 27.7 Å². The Kier molecular flexibility index (Phi) is 5.02. The second-order valence-electron chi connectivity index (χ2n) is 8.03. The predicted octanol–water partition coefficient (Wildman–Crippen LogP) is 2.87. The number of aryl methyl sites for hydroxylation is 1. The van der Waals surface area contributed by atoms with Crippen molar-refractivity contribution in [2.24, 2.45) is 0 Å². The van der Waals surface area contributed by atoms with Crippen LogP contribution in [0.5, 0.6) is 0 Å². The van der Waals surface area contributed by atoms with Crippen molar-refractivity contribution in [3.05, 3.63) is 69.8 Å². The molecule has 0 unspecified atom stereocenters. The second kappa shape index (κ2) is 7.98. The first-order chi connectivity index (χ1) is 15.1. The van der Waals surface area contributed by atoms with Gasteiger partial charge in [0.1, 0.15) is 5.82 Å². The summed E-state index contributed by atoms with van der Waals surface area (Å²) in [6, 6.07) is 12.5. The molecule has 0 fully saturated rings. The molecule has 0 bridgehead atoms. The van der Waals surface area contributed by atoms with E-state index in [1.807, 2.05) is 24.3 Å². The predicted molar refractivity (Wildman–Crippen MR) is 116 cm³/mol. The Hall–Kier alpha value is -3.48. The minimum absolute atomic E-state index is 0.0651. The van der Waals surface area contributed by atoms with E-state index in [0.717, 1.165) is 49.2 Å². The molecule has 0 radical (unpaired) electrons. The van der Waals surface area contributed by atoms with E-state index >= 15 is 0 Å². The van der Waals surface area contributed by atoms with Gasteiger partial charge in [0.05, 0.1) is 16.5 Å². The number of nitrogens with zero attached hydrogens (tertiary/aromatic N) is 3. The first kappa shape index (κ1) is 19.5. The number of hydrogen-bond donors (Lipinski definition) is 0. The number of anilines is 1. The molecule has 0 aliphatic carbocycles. The van der Waals surface area contributed by atoms with Gasteiger partial charge >= 0.3 is 5.97 Å². The van der Waals surface area contributed by atoms with Crippen LogP contribution in [-0.2, 0) is 28.9 Å². The Morgan fingerprint density at radius 3 is 2.77 bits per heavy atom. The minimum atomic E-state index is -0.598. The topological polar surface area (TPSA) is 81.5 Å². The monoisotopic (exact) mass is 417 g/mol. The van der Waals surface area contributed by atoms with E-state index < -0.39 is 5.97 Å². The lowest BCUT2D eigenvalue weighted by Crippen LogP contribution is -2.33. The van der Waals surface area contributed by atoms with Crippen LogP contribution in [0.4, 0.5) is 5.69 Å². The molecule has 0 saturated carbocycles. The van der Waals surface area contributed by atoms with Crippen LogP contribution in [0.2, 0.25) is 0 Å². The van der Waals surface area contributed by atoms with E-state index in [9.17, 15) is 14.4 Å². The quantitative estimate of drug-likeness (QED) is 0.612. The van der Waals surface area contributed by atoms with Gasteiger partial charge in [-0.15, -0.1) is 0 Å². The molecule has 158 valence electrons. The number of esters is 1. The van der Waals surface area contributed by atoms with Gasteiger partial charge in [-0.3, -0.25) is 14.2 Å². The van der Waals surface area contributed by atoms with Gasteiger partial charge in [-0.1, -0.05) is 24.6 Å². The molecule has 0 atom stereocenters. The number of amides is 1. The van der Waals surface area contributed by atoms with Crippen molar-refractivity contribution >= 4 is 28.5 Å². The number of ether oxygens (including phenoxy) is 1. The summed E-state index contributed by atoms with van der Waals surface area (Å²) in [5.74, 6) is -0.0799. The average molecular weight is 417 g/mol. The molecular formula is C24H23N3O4. The van der Waals surface area contributed by atoms with Gasteiger partial charge in [-0.2, -0.15) is 0 Å². The number of carbonyl (C=O) groups is 2. The number of rotatable bonds is 3. The maximum atomic E-state index is 12.8. The van der Waals surface area contributed by atoms with Crippen LogP contribution in [0.25, 0.3) is 10.9 Å². The molecule has 31 heavy (non-hydrogen) atoms. The van der Waals surface area contributed by atoms with Crippen molar-refractivity contribution in [1.82, 2.24) is 9.55 Å². The Bertz CT molecular complexity index is 1250. The molecule has 0 N–H and O–H groups in total. The number of benzene rings is 2. The highest BCUT2D eigenvalue weighted by Gasteiger charge is 2.25. The molecule has 2 aromatic carbocycles. The van der Waals surface area contributed by atoms with E-state index in [0.29, 0.717) is 24.0 Å². The SMILES string of the molecule is O=C(OCC(=O)N1CCc2ccccc21)c1ccc2c(=O)n3c(nc2c1)CCCCC3. The molecule has 5 rings (SSSR count). The number of fused-ring (bicyclic) bond motifs is 3. The van der Waals surface area contributed by atoms with Gasteiger partial charge < -0.3 is 9.64 Å². The molecule has 1 amide bonds. The summed E-state index contributed by atoms with van der Waals surface area (Å²) in [6.45, 7) is 0.943. The molecule has 1 aromatic heterocycles. The summed E-state index contributed by atoms with van der Waals surface area (Å²) in [5.41, 5.74) is 2.71. The highest BCUT2D eigenvalue weighted by atomic mass is 16.5. The van der Waals surface area contributed by atoms with E-state index in [4.69, 9.17) is 4.74 Å². The molecule has 0 saturated heterocycles. The third-order valence-corrected chi connectivity index (χ3v) is 6.07. The van der Waals surface area contributed by atoms with Crippen LogP contribution >= 0.6 is 0 Å². The van der Waals surface area contributed by atoms with Gasteiger partial charge in [0.2, 0.25) is 0 Å². The molecule has 0 spiro atoms. The van der Waals surface area contributed by atoms with Crippen LogP contribution in [0, 0.1) is 0 Å². The van der Waals surface area contributed by atoms with Crippen molar-refractivity contribution in [2.45, 2.75) is 38.6 Å². The van der Waals surface area contributed by atoms with Gasteiger partial charge in [-0.25, -0.2) is 9.78 Å². The van der Waals surface area contributed by atoms with Crippen LogP contribution in [0.1, 0.15) is 41.0 Å². The van der Waals surface area contributed by atoms with Crippen LogP contribution < -0.4 is 10.5 Å². The highest BCUT2D eigenvalue weighted by molar-refractivity contribution is 5.99. The third kappa shape index (κ3) is 3.60. The smallest absolute Gasteiger partial charge is 0.338 e. The number of hydrogen-bond acceptors (Lipinski definition) is 5. The summed E-state index contributed by atoms with van der Waals surface area (Å²) >= 11 is 0. The van der Waals surface area contributed by atoms with Crippen molar-refractivity contribution in [3.63, 3.8) is 0 Å². The Balaban J connectivity index is 1.33. The maximum Gasteiger partial charge on any atom is 0.338 e. The summed E-state index contributed by atoms with van der Waals surface area (Å²) < 4.78 is 7.04. The minimum Gasteiger partial charge on any atom is -0.452 e. The Labute approximate surface area is 179 Å². The van der Waals surface area contributed by atoms with E-state index in [-0.39, 0.29) is 23.6 Å². The zero-order chi connectivity index (χ0) is 21.4.